The Balaban J connectivity index is 2.78. The Labute approximate surface area is 106 Å². The fourth-order valence-electron chi connectivity index (χ4n) is 2.61. The number of hydrogen-bond donors (Lipinski definition) is 1. The summed E-state index contributed by atoms with van der Waals surface area (Å²) in [6.07, 6.45) is 3.81. The normalized spacial score (nSPS) is 24.8. The van der Waals surface area contributed by atoms with Gasteiger partial charge in [0.1, 0.15) is 0 Å². The Hall–Kier alpha value is -0.130. The summed E-state index contributed by atoms with van der Waals surface area (Å²) in [6, 6.07) is 0.382. The van der Waals surface area contributed by atoms with Crippen LogP contribution in [-0.4, -0.2) is 43.6 Å². The monoisotopic (exact) mass is 262 g/mol. The molecule has 0 aliphatic carbocycles. The van der Waals surface area contributed by atoms with Crippen molar-refractivity contribution in [3.8, 4) is 0 Å². The summed E-state index contributed by atoms with van der Waals surface area (Å²) in [6.45, 7) is 7.66. The quantitative estimate of drug-likeness (QED) is 0.790. The highest BCUT2D eigenvalue weighted by Crippen LogP contribution is 2.23. The Morgan fingerprint density at radius 2 is 2.06 bits per heavy atom. The molecule has 0 amide bonds. The molecule has 1 N–H and O–H groups in total. The lowest BCUT2D eigenvalue weighted by molar-refractivity contribution is 0.210. The van der Waals surface area contributed by atoms with Crippen molar-refractivity contribution in [2.45, 2.75) is 58.5 Å². The predicted molar refractivity (Wildman–Crippen MR) is 71.6 cm³/mol. The molecule has 0 spiro atoms. The SMILES string of the molecule is CCCS(=O)(=O)N1CCCCC1C(C)NCC. The topological polar surface area (TPSA) is 49.4 Å². The zero-order valence-electron chi connectivity index (χ0n) is 11.3. The van der Waals surface area contributed by atoms with Gasteiger partial charge in [0.25, 0.3) is 0 Å². The second-order valence-corrected chi connectivity index (χ2v) is 6.88. The van der Waals surface area contributed by atoms with E-state index < -0.39 is 10.0 Å². The molecule has 1 fully saturated rings. The Bertz CT molecular complexity index is 316. The first kappa shape index (κ1) is 14.9. The maximum Gasteiger partial charge on any atom is 0.214 e. The molecule has 2 atom stereocenters. The van der Waals surface area contributed by atoms with Crippen LogP contribution in [0.15, 0.2) is 0 Å². The maximum atomic E-state index is 12.2. The van der Waals surface area contributed by atoms with E-state index >= 15 is 0 Å². The molecule has 1 heterocycles. The molecule has 0 radical (unpaired) electrons. The van der Waals surface area contributed by atoms with Gasteiger partial charge in [-0.05, 0) is 32.7 Å². The van der Waals surface area contributed by atoms with E-state index in [9.17, 15) is 8.42 Å². The molecule has 5 heteroatoms. The lowest BCUT2D eigenvalue weighted by atomic mass is 9.99. The molecule has 1 saturated heterocycles. The third-order valence-electron chi connectivity index (χ3n) is 3.42. The molecule has 0 aromatic carbocycles. The van der Waals surface area contributed by atoms with E-state index in [0.717, 1.165) is 25.8 Å². The number of nitrogens with one attached hydrogen (secondary N) is 1. The zero-order chi connectivity index (χ0) is 12.9. The van der Waals surface area contributed by atoms with Crippen LogP contribution in [-0.2, 0) is 10.0 Å². The molecule has 0 aromatic rings. The molecule has 102 valence electrons. The van der Waals surface area contributed by atoms with Crippen LogP contribution in [0.2, 0.25) is 0 Å². The van der Waals surface area contributed by atoms with Crippen LogP contribution in [0.5, 0.6) is 0 Å². The second kappa shape index (κ2) is 6.71. The fourth-order valence-corrected chi connectivity index (χ4v) is 4.47. The van der Waals surface area contributed by atoms with Gasteiger partial charge in [0.15, 0.2) is 0 Å². The van der Waals surface area contributed by atoms with E-state index in [-0.39, 0.29) is 17.8 Å². The van der Waals surface area contributed by atoms with Crippen LogP contribution in [0.1, 0.15) is 46.5 Å². The van der Waals surface area contributed by atoms with Gasteiger partial charge in [0.05, 0.1) is 5.75 Å². The van der Waals surface area contributed by atoms with E-state index in [1.165, 1.54) is 0 Å². The van der Waals surface area contributed by atoms with Crippen molar-refractivity contribution in [1.82, 2.24) is 9.62 Å². The van der Waals surface area contributed by atoms with Crippen molar-refractivity contribution < 1.29 is 8.42 Å². The average Bonchev–Trinajstić information content (AvgIpc) is 2.29. The molecule has 1 rings (SSSR count). The van der Waals surface area contributed by atoms with Gasteiger partial charge in [-0.15, -0.1) is 0 Å². The smallest absolute Gasteiger partial charge is 0.214 e. The first-order chi connectivity index (χ1) is 8.03. The van der Waals surface area contributed by atoms with Crippen molar-refractivity contribution >= 4 is 10.0 Å². The summed E-state index contributed by atoms with van der Waals surface area (Å²) < 4.78 is 26.1. The van der Waals surface area contributed by atoms with Gasteiger partial charge in [-0.1, -0.05) is 20.3 Å². The molecule has 0 aromatic heterocycles. The first-order valence-corrected chi connectivity index (χ1v) is 8.36. The number of nitrogens with zero attached hydrogens (tertiary/aromatic N) is 1. The highest BCUT2D eigenvalue weighted by Gasteiger charge is 2.34. The molecule has 1 aliphatic heterocycles. The molecule has 0 bridgehead atoms. The summed E-state index contributed by atoms with van der Waals surface area (Å²) in [7, 11) is -3.05. The van der Waals surface area contributed by atoms with Gasteiger partial charge >= 0.3 is 0 Å². The second-order valence-electron chi connectivity index (χ2n) is 4.84. The molecule has 1 aliphatic rings. The van der Waals surface area contributed by atoms with Crippen LogP contribution in [0, 0.1) is 0 Å². The maximum absolute atomic E-state index is 12.2. The Kier molecular flexibility index (Phi) is 5.89. The average molecular weight is 262 g/mol. The highest BCUT2D eigenvalue weighted by atomic mass is 32.2. The van der Waals surface area contributed by atoms with E-state index in [1.807, 2.05) is 6.92 Å². The predicted octanol–water partition coefficient (Wildman–Crippen LogP) is 1.58. The fraction of sp³-hybridized carbons (Fsp3) is 1.00. The lowest BCUT2D eigenvalue weighted by Gasteiger charge is -2.38. The van der Waals surface area contributed by atoms with Gasteiger partial charge in [0.2, 0.25) is 10.0 Å². The summed E-state index contributed by atoms with van der Waals surface area (Å²) >= 11 is 0. The molecular formula is C12H26N2O2S. The van der Waals surface area contributed by atoms with Crippen molar-refractivity contribution in [2.75, 3.05) is 18.8 Å². The third kappa shape index (κ3) is 3.93. The molecule has 17 heavy (non-hydrogen) atoms. The molecule has 0 saturated carbocycles. The third-order valence-corrected chi connectivity index (χ3v) is 5.51. The number of rotatable bonds is 6. The van der Waals surface area contributed by atoms with Gasteiger partial charge in [-0.25, -0.2) is 8.42 Å². The number of hydrogen-bond acceptors (Lipinski definition) is 3. The summed E-state index contributed by atoms with van der Waals surface area (Å²) in [5, 5.41) is 3.35. The van der Waals surface area contributed by atoms with Gasteiger partial charge < -0.3 is 5.32 Å². The van der Waals surface area contributed by atoms with E-state index in [1.54, 1.807) is 4.31 Å². The van der Waals surface area contributed by atoms with Crippen LogP contribution in [0.4, 0.5) is 0 Å². The van der Waals surface area contributed by atoms with E-state index in [2.05, 4.69) is 19.2 Å². The van der Waals surface area contributed by atoms with Crippen LogP contribution in [0.3, 0.4) is 0 Å². The Morgan fingerprint density at radius 3 is 2.65 bits per heavy atom. The van der Waals surface area contributed by atoms with Gasteiger partial charge in [0, 0.05) is 18.6 Å². The first-order valence-electron chi connectivity index (χ1n) is 6.75. The molecular weight excluding hydrogens is 236 g/mol. The minimum atomic E-state index is -3.05. The van der Waals surface area contributed by atoms with Crippen molar-refractivity contribution in [3.05, 3.63) is 0 Å². The molecule has 4 nitrogen and oxygen atoms in total. The standard InChI is InChI=1S/C12H26N2O2S/c1-4-10-17(15,16)14-9-7-6-8-12(14)11(3)13-5-2/h11-13H,4-10H2,1-3H3. The zero-order valence-corrected chi connectivity index (χ0v) is 12.1. The summed E-state index contributed by atoms with van der Waals surface area (Å²) in [5.41, 5.74) is 0. The van der Waals surface area contributed by atoms with E-state index in [4.69, 9.17) is 0 Å². The largest absolute Gasteiger partial charge is 0.313 e. The Morgan fingerprint density at radius 1 is 1.35 bits per heavy atom. The van der Waals surface area contributed by atoms with Crippen LogP contribution >= 0.6 is 0 Å². The summed E-state index contributed by atoms with van der Waals surface area (Å²) in [5.74, 6) is 0.280. The van der Waals surface area contributed by atoms with Crippen molar-refractivity contribution in [2.24, 2.45) is 0 Å². The van der Waals surface area contributed by atoms with Gasteiger partial charge in [-0.2, -0.15) is 4.31 Å². The van der Waals surface area contributed by atoms with Gasteiger partial charge in [-0.3, -0.25) is 0 Å². The van der Waals surface area contributed by atoms with E-state index in [0.29, 0.717) is 13.0 Å². The van der Waals surface area contributed by atoms with Crippen LogP contribution < -0.4 is 5.32 Å². The van der Waals surface area contributed by atoms with Crippen molar-refractivity contribution in [3.63, 3.8) is 0 Å². The summed E-state index contributed by atoms with van der Waals surface area (Å²) in [4.78, 5) is 0. The molecule has 2 unspecified atom stereocenters. The minimum absolute atomic E-state index is 0.139. The van der Waals surface area contributed by atoms with Crippen LogP contribution in [0.25, 0.3) is 0 Å². The minimum Gasteiger partial charge on any atom is -0.313 e. The van der Waals surface area contributed by atoms with Crippen molar-refractivity contribution in [1.29, 1.82) is 0 Å². The highest BCUT2D eigenvalue weighted by molar-refractivity contribution is 7.89. The number of sulfonamides is 1. The number of likely N-dealkylation sites (N-methyl/N-ethyl adjacent to an activating group) is 1. The number of piperidine rings is 1. The lowest BCUT2D eigenvalue weighted by Crippen LogP contribution is -2.53.